The van der Waals surface area contributed by atoms with Crippen molar-refractivity contribution >= 4 is 11.9 Å². The zero-order valence-corrected chi connectivity index (χ0v) is 36.7. The predicted molar refractivity (Wildman–Crippen MR) is 232 cm³/mol. The zero-order chi connectivity index (χ0) is 47.6. The fourth-order valence-corrected chi connectivity index (χ4v) is 7.75. The first kappa shape index (κ1) is 54.9. The number of carbonyl (C=O) groups is 2. The van der Waals surface area contributed by atoms with E-state index in [1.165, 1.54) is 13.0 Å². The Morgan fingerprint density at radius 1 is 0.688 bits per heavy atom. The van der Waals surface area contributed by atoms with E-state index >= 15 is 0 Å². The van der Waals surface area contributed by atoms with Crippen molar-refractivity contribution in [3.63, 3.8) is 0 Å². The molecule has 0 saturated carbocycles. The largest absolute Gasteiger partial charge is 0.481 e. The van der Waals surface area contributed by atoms with Crippen LogP contribution in [0.5, 0.6) is 0 Å². The topological polar surface area (TPSA) is 320 Å². The quantitative estimate of drug-likeness (QED) is 0.170. The van der Waals surface area contributed by atoms with E-state index in [9.17, 15) is 65.8 Å². The highest BCUT2D eigenvalue weighted by Crippen LogP contribution is 2.38. The molecule has 2 bridgehead atoms. The number of fused-ring (bicyclic) bond motifs is 2. The molecule has 0 aromatic heterocycles. The minimum atomic E-state index is -2.32. The number of allylic oxidation sites excluding steroid dienone is 12. The number of hydrogen-bond acceptors (Lipinski definition) is 17. The van der Waals surface area contributed by atoms with Crippen molar-refractivity contribution in [3.8, 4) is 0 Å². The number of hydrogen-bond donors (Lipinski definition) is 12. The molecule has 0 radical (unpaired) electrons. The van der Waals surface area contributed by atoms with Crippen LogP contribution in [0.1, 0.15) is 72.1 Å². The molecule has 0 amide bonds. The average Bonchev–Trinajstić information content (AvgIpc) is 3.21. The summed E-state index contributed by atoms with van der Waals surface area (Å²) in [4.78, 5) is 24.9. The number of cyclic esters (lactones) is 1. The van der Waals surface area contributed by atoms with E-state index in [2.05, 4.69) is 0 Å². The van der Waals surface area contributed by atoms with Gasteiger partial charge < -0.3 is 80.9 Å². The summed E-state index contributed by atoms with van der Waals surface area (Å²) in [5.74, 6) is -6.77. The summed E-state index contributed by atoms with van der Waals surface area (Å²) in [5.41, 5.74) is 6.01. The molecule has 18 atom stereocenters. The molecule has 2 fully saturated rings. The molecule has 3 aliphatic heterocycles. The maximum atomic E-state index is 12.5. The predicted octanol–water partition coefficient (Wildman–Crippen LogP) is 0.323. The minimum absolute atomic E-state index is 0.0946. The highest BCUT2D eigenvalue weighted by atomic mass is 16.7. The molecule has 18 heteroatoms. The Kier molecular flexibility index (Phi) is 23.4. The van der Waals surface area contributed by atoms with Gasteiger partial charge in [-0.15, -0.1) is 0 Å². The van der Waals surface area contributed by atoms with Crippen molar-refractivity contribution in [2.24, 2.45) is 23.5 Å². The van der Waals surface area contributed by atoms with E-state index in [-0.39, 0.29) is 38.2 Å². The lowest BCUT2D eigenvalue weighted by molar-refractivity contribution is -0.308. The molecule has 0 spiro atoms. The third kappa shape index (κ3) is 18.4. The van der Waals surface area contributed by atoms with Crippen LogP contribution in [0.2, 0.25) is 0 Å². The number of carboxylic acid groups (broad SMARTS) is 1. The number of esters is 1. The van der Waals surface area contributed by atoms with Crippen molar-refractivity contribution < 1.29 is 84.7 Å². The van der Waals surface area contributed by atoms with Gasteiger partial charge in [-0.1, -0.05) is 98.9 Å². The fourth-order valence-electron chi connectivity index (χ4n) is 7.75. The van der Waals surface area contributed by atoms with Gasteiger partial charge in [-0.05, 0) is 26.2 Å². The Morgan fingerprint density at radius 2 is 1.27 bits per heavy atom. The Hall–Kier alpha value is -3.44. The molecule has 2 saturated heterocycles. The Morgan fingerprint density at radius 3 is 1.86 bits per heavy atom. The summed E-state index contributed by atoms with van der Waals surface area (Å²) < 4.78 is 22.9. The molecule has 1 unspecified atom stereocenters. The lowest BCUT2D eigenvalue weighted by Crippen LogP contribution is -2.61. The highest BCUT2D eigenvalue weighted by molar-refractivity contribution is 5.71. The molecular formula is C46H71NO17. The molecule has 3 rings (SSSR count). The molecular weight excluding hydrogens is 838 g/mol. The van der Waals surface area contributed by atoms with E-state index in [4.69, 9.17) is 24.7 Å². The molecule has 3 heterocycles. The monoisotopic (exact) mass is 909 g/mol. The normalized spacial score (nSPS) is 44.8. The van der Waals surface area contributed by atoms with Crippen LogP contribution in [0.15, 0.2) is 85.1 Å². The standard InChI is InChI=1S/C46H71NO17/c1-27-16-14-12-10-8-6-4-5-7-9-11-13-15-17-33(63-45-43(57)40(47)42(56)29(3)62-45)23-37-39(44(58)59)36(53)25-46(60,64-37)24-32(50)21-35(52)34(51)19-18-30(48)20-31(49)22-38(54)61-26-28(2)41(27)55/h4-17,27-37,39-43,45,48-53,55-57,60H,18-26,47H2,1-3H3,(H,58,59)/b5-4+,8-6+,9-7+,12-10+,13-11+,16-14+,17-15+/t27-,28-,29+,30+,31+,32-,33-,34+,35+,36-,37?,39+,40-,41+,42+,43-,45-,46+/m0/s1. The first-order valence-electron chi connectivity index (χ1n) is 21.9. The molecule has 3 aliphatic rings. The smallest absolute Gasteiger partial charge is 0.311 e. The van der Waals surface area contributed by atoms with Crippen molar-refractivity contribution in [1.82, 2.24) is 0 Å². The SMILES string of the molecule is C[C@H]1/C=C/C=C/C=C/C=C/C=C/C=C/C=C/[C@H](O[C@@H]2O[C@H](C)[C@@H](O)[C@H](N)[C@@H]2O)CC2O[C@](O)(C[C@@H](O)C[C@@H](O)[C@H](O)CC[C@@H](O)C[C@@H](O)CC(=O)OC[C@H](C)[C@@H]1O)C[C@H](O)[C@H]2C(=O)O. The van der Waals surface area contributed by atoms with E-state index < -0.39 is 141 Å². The second-order valence-corrected chi connectivity index (χ2v) is 17.2. The van der Waals surface area contributed by atoms with Crippen molar-refractivity contribution in [1.29, 1.82) is 0 Å². The molecule has 0 aliphatic carbocycles. The maximum absolute atomic E-state index is 12.5. The second kappa shape index (κ2) is 27.3. The number of aliphatic carboxylic acids is 1. The van der Waals surface area contributed by atoms with Crippen LogP contribution in [0, 0.1) is 17.8 Å². The van der Waals surface area contributed by atoms with Gasteiger partial charge in [0.05, 0.1) is 86.2 Å². The average molecular weight is 910 g/mol. The molecule has 18 nitrogen and oxygen atoms in total. The number of carboxylic acids is 1. The van der Waals surface area contributed by atoms with Crippen molar-refractivity contribution in [2.75, 3.05) is 6.61 Å². The molecule has 0 aromatic rings. The Bertz CT molecular complexity index is 1630. The van der Waals surface area contributed by atoms with Gasteiger partial charge in [0.25, 0.3) is 0 Å². The van der Waals surface area contributed by atoms with Gasteiger partial charge >= 0.3 is 11.9 Å². The van der Waals surface area contributed by atoms with E-state index in [1.807, 2.05) is 13.0 Å². The number of aliphatic hydroxyl groups is 10. The number of carbonyl (C=O) groups excluding carboxylic acids is 1. The van der Waals surface area contributed by atoms with E-state index in [1.54, 1.807) is 79.8 Å². The summed E-state index contributed by atoms with van der Waals surface area (Å²) in [7, 11) is 0. The summed E-state index contributed by atoms with van der Waals surface area (Å²) in [6, 6.07) is -1.15. The number of rotatable bonds is 3. The number of aliphatic hydroxyl groups excluding tert-OH is 9. The van der Waals surface area contributed by atoms with Crippen LogP contribution in [-0.2, 0) is 28.5 Å². The van der Waals surface area contributed by atoms with Gasteiger partial charge in [-0.25, -0.2) is 0 Å². The van der Waals surface area contributed by atoms with Crippen LogP contribution in [0.3, 0.4) is 0 Å². The van der Waals surface area contributed by atoms with Gasteiger partial charge in [-0.3, -0.25) is 9.59 Å². The Balaban J connectivity index is 1.85. The minimum Gasteiger partial charge on any atom is -0.481 e. The van der Waals surface area contributed by atoms with Crippen LogP contribution < -0.4 is 5.73 Å². The Labute approximate surface area is 374 Å². The summed E-state index contributed by atoms with van der Waals surface area (Å²) in [6.07, 6.45) is 4.21. The molecule has 362 valence electrons. The van der Waals surface area contributed by atoms with Crippen molar-refractivity contribution in [2.45, 2.75) is 164 Å². The maximum Gasteiger partial charge on any atom is 0.311 e. The summed E-state index contributed by atoms with van der Waals surface area (Å²) in [6.45, 7) is 4.98. The van der Waals surface area contributed by atoms with Crippen LogP contribution in [0.25, 0.3) is 0 Å². The fraction of sp³-hybridized carbons (Fsp3) is 0.652. The third-order valence-corrected chi connectivity index (χ3v) is 11.5. The van der Waals surface area contributed by atoms with Gasteiger partial charge in [0.15, 0.2) is 12.1 Å². The first-order valence-corrected chi connectivity index (χ1v) is 21.9. The summed E-state index contributed by atoms with van der Waals surface area (Å²) >= 11 is 0. The van der Waals surface area contributed by atoms with Crippen LogP contribution in [0.4, 0.5) is 0 Å². The zero-order valence-electron chi connectivity index (χ0n) is 36.7. The molecule has 0 aromatic carbocycles. The van der Waals surface area contributed by atoms with Crippen LogP contribution >= 0.6 is 0 Å². The molecule has 13 N–H and O–H groups in total. The molecule has 64 heavy (non-hydrogen) atoms. The first-order chi connectivity index (χ1) is 30.2. The lowest BCUT2D eigenvalue weighted by atomic mass is 9.82. The van der Waals surface area contributed by atoms with Gasteiger partial charge in [0.2, 0.25) is 0 Å². The van der Waals surface area contributed by atoms with Crippen LogP contribution in [-0.4, -0.2) is 166 Å². The van der Waals surface area contributed by atoms with Gasteiger partial charge in [-0.2, -0.15) is 0 Å². The van der Waals surface area contributed by atoms with Gasteiger partial charge in [0, 0.05) is 37.5 Å². The second-order valence-electron chi connectivity index (χ2n) is 17.2. The van der Waals surface area contributed by atoms with E-state index in [0.29, 0.717) is 0 Å². The third-order valence-electron chi connectivity index (χ3n) is 11.5. The number of nitrogens with two attached hydrogens (primary N) is 1. The highest BCUT2D eigenvalue weighted by Gasteiger charge is 2.51. The summed E-state index contributed by atoms with van der Waals surface area (Å²) in [5, 5.41) is 118. The lowest BCUT2D eigenvalue weighted by Gasteiger charge is -2.45. The number of ether oxygens (including phenoxy) is 4. The van der Waals surface area contributed by atoms with Gasteiger partial charge in [0.1, 0.15) is 12.0 Å². The van der Waals surface area contributed by atoms with E-state index in [0.717, 1.165) is 0 Å². The van der Waals surface area contributed by atoms with Crippen molar-refractivity contribution in [3.05, 3.63) is 85.1 Å².